The molecule has 0 bridgehead atoms. The quantitative estimate of drug-likeness (QED) is 0.169. The first-order valence-electron chi connectivity index (χ1n) is 36.5. The van der Waals surface area contributed by atoms with Crippen molar-refractivity contribution in [2.24, 2.45) is 0 Å². The van der Waals surface area contributed by atoms with Gasteiger partial charge in [0.25, 0.3) is 0 Å². The van der Waals surface area contributed by atoms with Crippen molar-refractivity contribution in [3.8, 4) is 67.5 Å². The van der Waals surface area contributed by atoms with Crippen molar-refractivity contribution in [2.75, 3.05) is 0 Å². The van der Waals surface area contributed by atoms with E-state index in [2.05, 4.69) is 11.1 Å². The van der Waals surface area contributed by atoms with Crippen LogP contribution in [0.5, 0.6) is 5.75 Å². The number of pyridine rings is 1. The summed E-state index contributed by atoms with van der Waals surface area (Å²) in [5, 5.41) is 13.0. The molecule has 0 saturated heterocycles. The number of rotatable bonds is 6. The van der Waals surface area contributed by atoms with Crippen LogP contribution in [0.25, 0.3) is 72.7 Å². The van der Waals surface area contributed by atoms with E-state index in [0.29, 0.717) is 22.8 Å². The van der Waals surface area contributed by atoms with E-state index in [9.17, 15) is 5.11 Å². The maximum Gasteiger partial charge on any atom is 0.148 e. The zero-order valence-corrected chi connectivity index (χ0v) is 36.8. The largest absolute Gasteiger partial charge is 0.507 e. The van der Waals surface area contributed by atoms with Crippen molar-refractivity contribution < 1.29 is 72.8 Å². The first kappa shape index (κ1) is 19.9. The van der Waals surface area contributed by atoms with Crippen LogP contribution in [0.3, 0.4) is 0 Å². The van der Waals surface area contributed by atoms with E-state index in [1.165, 1.54) is 54.7 Å². The molecule has 0 unspecified atom stereocenters. The monoisotopic (exact) mass is 1060 g/mol. The Balaban J connectivity index is 0.0000135. The fourth-order valence-electron chi connectivity index (χ4n) is 7.25. The van der Waals surface area contributed by atoms with Gasteiger partial charge in [0.05, 0.1) is 27.8 Å². The Morgan fingerprint density at radius 2 is 1.27 bits per heavy atom. The summed E-state index contributed by atoms with van der Waals surface area (Å²) in [7, 11) is 0. The molecule has 0 fully saturated rings. The van der Waals surface area contributed by atoms with Crippen LogP contribution in [0, 0.1) is 12.9 Å². The molecule has 2 aromatic heterocycles. The molecule has 6 aromatic carbocycles. The molecule has 0 amide bonds. The fourth-order valence-corrected chi connectivity index (χ4v) is 7.25. The van der Waals surface area contributed by atoms with Crippen molar-refractivity contribution in [1.82, 2.24) is 14.5 Å². The second-order valence-electron chi connectivity index (χ2n) is 16.3. The van der Waals surface area contributed by atoms with Crippen LogP contribution in [-0.2, 0) is 42.7 Å². The Morgan fingerprint density at radius 3 is 1.95 bits per heavy atom. The summed E-state index contributed by atoms with van der Waals surface area (Å²) in [6, 6.07) is 21.7. The van der Waals surface area contributed by atoms with Crippen LogP contribution in [-0.4, -0.2) is 19.6 Å². The Kier molecular flexibility index (Phi) is 5.31. The summed E-state index contributed by atoms with van der Waals surface area (Å²) in [6.07, 6.45) is 1.19. The number of aromatic hydroxyl groups is 1. The van der Waals surface area contributed by atoms with Crippen LogP contribution in [0.2, 0.25) is 0 Å². The fraction of sp³-hybridized carbons (Fsp3) is 0.288. The van der Waals surface area contributed by atoms with Crippen LogP contribution in [0.4, 0.5) is 0 Å². The number of hydrogen-bond acceptors (Lipinski definition) is 3. The smallest absolute Gasteiger partial charge is 0.148 e. The SMILES string of the molecule is [2H]c1c([2H])c(C(C([2H])([2H])[2H])(C([2H])([2H])[2H])C([2H])([2H])[2H])c([2H])c([2H])c1-c1ccnc(-c2[c-]c(-c3cccc4c3nc(-c3cc(C(C([2H])([2H])[2H])(C([2H])([2H])[2H])C([2H])([2H])[2H])cc(C(C([2H])([2H])[2H])(C([2H])([2H])[2H])C([2H])([2H])[2H])c3O)n4-c3ccc(-c4ccccc4)cc3C([2H])([2H])[2H])cc(C(C)(C)C)c2)c1.[Pt]. The van der Waals surface area contributed by atoms with Gasteiger partial charge < -0.3 is 5.11 Å². The zero-order valence-electron chi connectivity index (χ0n) is 68.5. The average Bonchev–Trinajstić information content (AvgIpc) is 1.01. The third-order valence-corrected chi connectivity index (χ3v) is 10.6. The van der Waals surface area contributed by atoms with Crippen LogP contribution in [0.1, 0.15) is 157 Å². The maximum atomic E-state index is 13.0. The molecule has 1 N–H and O–H groups in total. The van der Waals surface area contributed by atoms with Gasteiger partial charge in [-0.3, -0.25) is 9.55 Å². The Labute approximate surface area is 443 Å². The van der Waals surface area contributed by atoms with E-state index in [1.807, 2.05) is 0 Å². The molecule has 0 spiro atoms. The normalized spacial score (nSPS) is 22.2. The minimum Gasteiger partial charge on any atom is -0.507 e. The Hall–Kier alpha value is -5.57. The molecule has 64 heavy (non-hydrogen) atoms. The van der Waals surface area contributed by atoms with Gasteiger partial charge >= 0.3 is 0 Å². The third-order valence-electron chi connectivity index (χ3n) is 10.6. The summed E-state index contributed by atoms with van der Waals surface area (Å²) in [6.45, 7) is -35.2. The molecule has 0 atom stereocenters. The molecule has 330 valence electrons. The Bertz CT molecular complexity index is 4220. The molecule has 0 radical (unpaired) electrons. The average molecular weight is 1060 g/mol. The van der Waals surface area contributed by atoms with Crippen molar-refractivity contribution >= 4 is 11.0 Å². The molecule has 0 aliphatic carbocycles. The van der Waals surface area contributed by atoms with Gasteiger partial charge in [0.1, 0.15) is 11.6 Å². The number of aryl methyl sites for hydroxylation is 1. The van der Waals surface area contributed by atoms with Gasteiger partial charge in [-0.05, 0) is 97.8 Å². The van der Waals surface area contributed by atoms with Crippen molar-refractivity contribution in [3.05, 3.63) is 167 Å². The number of hydrogen-bond donors (Lipinski definition) is 1. The molecule has 5 heteroatoms. The number of aromatic nitrogens is 3. The predicted octanol–water partition coefficient (Wildman–Crippen LogP) is 15.8. The van der Waals surface area contributed by atoms with Gasteiger partial charge in [-0.25, -0.2) is 4.98 Å². The van der Waals surface area contributed by atoms with Gasteiger partial charge in [-0.1, -0.05) is 178 Å². The second kappa shape index (κ2) is 17.1. The molecule has 0 saturated carbocycles. The standard InChI is InChI=1S/C59H62N3O.Pt/c1-37-30-40(38-18-15-14-16-19-38)24-27-51(37)62-52-21-17-20-47(53(52)61-55(62)48-35-46(58(8,9)10)36-49(54(48)63)59(11,12)13)42-31-43(33-45(32-42)57(5,6)7)50-34-41(28-29-60-50)39-22-25-44(26-23-39)56(2,3)4;/h14-30,32-36,63H,1-13H3;/q-1;/i1D3,2D3,3D3,4D3,8D3,9D3,10D3,11D3,12D3,13D3,22D,23D,25D,26D;. The number of benzene rings is 6. The topological polar surface area (TPSA) is 50.9 Å². The Morgan fingerprint density at radius 1 is 0.594 bits per heavy atom. The van der Waals surface area contributed by atoms with Gasteiger partial charge in [-0.15, -0.1) is 29.3 Å². The molecule has 4 nitrogen and oxygen atoms in total. The van der Waals surface area contributed by atoms with Gasteiger partial charge in [-0.2, -0.15) is 0 Å². The van der Waals surface area contributed by atoms with Crippen LogP contribution < -0.4 is 0 Å². The third kappa shape index (κ3) is 9.18. The van der Waals surface area contributed by atoms with Crippen molar-refractivity contribution in [1.29, 1.82) is 0 Å². The van der Waals surface area contributed by atoms with E-state index in [1.54, 1.807) is 63.2 Å². The number of phenolic OH excluding ortho intramolecular Hbond substituents is 1. The van der Waals surface area contributed by atoms with Gasteiger partial charge in [0.2, 0.25) is 0 Å². The first-order valence-corrected chi connectivity index (χ1v) is 19.5. The number of imidazole rings is 1. The van der Waals surface area contributed by atoms with Crippen molar-refractivity contribution in [3.63, 3.8) is 0 Å². The van der Waals surface area contributed by atoms with Crippen LogP contribution >= 0.6 is 0 Å². The first-order chi connectivity index (χ1) is 43.7. The molecule has 0 aliphatic rings. The van der Waals surface area contributed by atoms with Gasteiger partial charge in [0, 0.05) is 79.6 Å². The predicted molar refractivity (Wildman–Crippen MR) is 266 cm³/mol. The van der Waals surface area contributed by atoms with E-state index < -0.39 is 159 Å². The van der Waals surface area contributed by atoms with Gasteiger partial charge in [0.15, 0.2) is 0 Å². The summed E-state index contributed by atoms with van der Waals surface area (Å²) in [5.41, 5.74) is -19.3. The minimum atomic E-state index is -4.34. The van der Waals surface area contributed by atoms with E-state index in [0.717, 1.165) is 4.57 Å². The molecular formula is C59H62N3OPt-. The van der Waals surface area contributed by atoms with E-state index >= 15 is 0 Å². The number of phenols is 1. The molecular weight excluding hydrogens is 962 g/mol. The maximum absolute atomic E-state index is 13.0. The van der Waals surface area contributed by atoms with E-state index in [4.69, 9.17) is 51.6 Å². The zero-order chi connectivity index (χ0) is 73.7. The summed E-state index contributed by atoms with van der Waals surface area (Å²) < 4.78 is 296. The van der Waals surface area contributed by atoms with E-state index in [-0.39, 0.29) is 71.8 Å². The summed E-state index contributed by atoms with van der Waals surface area (Å²) in [5.74, 6) is -2.43. The number of nitrogens with zero attached hydrogens (tertiary/aromatic N) is 3. The summed E-state index contributed by atoms with van der Waals surface area (Å²) >= 11 is 0. The molecule has 8 aromatic rings. The molecule has 2 heterocycles. The molecule has 0 aliphatic heterocycles. The second-order valence-corrected chi connectivity index (χ2v) is 16.3. The number of fused-ring (bicyclic) bond motifs is 1. The minimum absolute atomic E-state index is 0. The summed E-state index contributed by atoms with van der Waals surface area (Å²) in [4.78, 5) is 9.46. The number of para-hydroxylation sites is 1. The van der Waals surface area contributed by atoms with Crippen LogP contribution in [0.15, 0.2) is 133 Å². The van der Waals surface area contributed by atoms with Crippen molar-refractivity contribution in [2.45, 2.75) is 111 Å². The molecule has 8 rings (SSSR count).